The van der Waals surface area contributed by atoms with Crippen molar-refractivity contribution in [2.75, 3.05) is 13.2 Å². The van der Waals surface area contributed by atoms with Crippen LogP contribution in [0.2, 0.25) is 0 Å². The first-order chi connectivity index (χ1) is 12.3. The molecule has 4 nitrogen and oxygen atoms in total. The summed E-state index contributed by atoms with van der Waals surface area (Å²) >= 11 is 0. The number of ether oxygens (including phenoxy) is 1. The van der Waals surface area contributed by atoms with Crippen molar-refractivity contribution >= 4 is 5.91 Å². The number of carbonyl (C=O) groups excluding carboxylic acids is 1. The molecule has 1 aliphatic carbocycles. The molecule has 0 radical (unpaired) electrons. The van der Waals surface area contributed by atoms with E-state index in [0.717, 1.165) is 31.2 Å². The van der Waals surface area contributed by atoms with E-state index in [1.54, 1.807) is 0 Å². The molecule has 4 heteroatoms. The van der Waals surface area contributed by atoms with E-state index in [2.05, 4.69) is 0 Å². The van der Waals surface area contributed by atoms with Gasteiger partial charge in [-0.2, -0.15) is 0 Å². The van der Waals surface area contributed by atoms with Gasteiger partial charge in [0.2, 0.25) is 5.91 Å². The Labute approximate surface area is 157 Å². The van der Waals surface area contributed by atoms with Gasteiger partial charge in [-0.3, -0.25) is 4.79 Å². The van der Waals surface area contributed by atoms with Crippen LogP contribution in [0.1, 0.15) is 64.9 Å². The Morgan fingerprint density at radius 3 is 2.62 bits per heavy atom. The molecule has 0 spiro atoms. The third kappa shape index (κ3) is 4.12. The SMILES string of the molecule is CC(C)(C)OCCC(=O)N1CC[C@@](O)(c2ccccc2)[C@@H]2CCCCC21. The Morgan fingerprint density at radius 1 is 1.23 bits per heavy atom. The van der Waals surface area contributed by atoms with Gasteiger partial charge < -0.3 is 14.7 Å². The van der Waals surface area contributed by atoms with Gasteiger partial charge in [0.15, 0.2) is 0 Å². The minimum absolute atomic E-state index is 0.125. The number of aliphatic hydroxyl groups is 1. The molecule has 1 amide bonds. The standard InChI is InChI=1S/C22H33NO3/c1-21(2,3)26-16-13-20(24)23-15-14-22(25,17-9-5-4-6-10-17)18-11-7-8-12-19(18)23/h4-6,9-10,18-19,25H,7-8,11-16H2,1-3H3/t18-,19?,22-/m1/s1. The highest BCUT2D eigenvalue weighted by Gasteiger charge is 2.50. The van der Waals surface area contributed by atoms with Crippen LogP contribution in [-0.2, 0) is 15.1 Å². The molecular formula is C22H33NO3. The minimum Gasteiger partial charge on any atom is -0.385 e. The second-order valence-electron chi connectivity index (χ2n) is 8.80. The molecule has 1 aliphatic heterocycles. The molecule has 1 saturated heterocycles. The number of piperidine rings is 1. The normalized spacial score (nSPS) is 29.3. The summed E-state index contributed by atoms with van der Waals surface area (Å²) in [5.41, 5.74) is -0.0335. The first-order valence-corrected chi connectivity index (χ1v) is 10.0. The first-order valence-electron chi connectivity index (χ1n) is 10.0. The molecule has 0 aromatic heterocycles. The smallest absolute Gasteiger partial charge is 0.225 e. The van der Waals surface area contributed by atoms with E-state index in [4.69, 9.17) is 4.74 Å². The molecule has 3 rings (SSSR count). The summed E-state index contributed by atoms with van der Waals surface area (Å²) in [6, 6.07) is 10.2. The summed E-state index contributed by atoms with van der Waals surface area (Å²) < 4.78 is 5.74. The lowest BCUT2D eigenvalue weighted by Crippen LogP contribution is -2.59. The summed E-state index contributed by atoms with van der Waals surface area (Å²) in [5.74, 6) is 0.293. The van der Waals surface area contributed by atoms with Gasteiger partial charge in [-0.25, -0.2) is 0 Å². The van der Waals surface area contributed by atoms with Crippen LogP contribution in [0.4, 0.5) is 0 Å². The van der Waals surface area contributed by atoms with Crippen LogP contribution >= 0.6 is 0 Å². The van der Waals surface area contributed by atoms with E-state index < -0.39 is 5.60 Å². The first kappa shape index (κ1) is 19.4. The lowest BCUT2D eigenvalue weighted by molar-refractivity contribution is -0.156. The maximum absolute atomic E-state index is 12.9. The number of carbonyl (C=O) groups is 1. The average molecular weight is 360 g/mol. The van der Waals surface area contributed by atoms with E-state index in [9.17, 15) is 9.90 Å². The van der Waals surface area contributed by atoms with Crippen molar-refractivity contribution in [3.8, 4) is 0 Å². The van der Waals surface area contributed by atoms with Crippen molar-refractivity contribution in [2.24, 2.45) is 5.92 Å². The van der Waals surface area contributed by atoms with E-state index >= 15 is 0 Å². The van der Waals surface area contributed by atoms with Crippen molar-refractivity contribution in [1.82, 2.24) is 4.90 Å². The Morgan fingerprint density at radius 2 is 1.92 bits per heavy atom. The van der Waals surface area contributed by atoms with Crippen molar-refractivity contribution < 1.29 is 14.6 Å². The average Bonchev–Trinajstić information content (AvgIpc) is 2.62. The largest absolute Gasteiger partial charge is 0.385 e. The summed E-state index contributed by atoms with van der Waals surface area (Å²) in [6.45, 7) is 7.11. The van der Waals surface area contributed by atoms with Gasteiger partial charge in [-0.15, -0.1) is 0 Å². The number of benzene rings is 1. The summed E-state index contributed by atoms with van der Waals surface area (Å²) in [5, 5.41) is 11.6. The van der Waals surface area contributed by atoms with E-state index in [1.807, 2.05) is 56.0 Å². The van der Waals surface area contributed by atoms with Gasteiger partial charge in [0, 0.05) is 18.5 Å². The van der Waals surface area contributed by atoms with Gasteiger partial charge in [0.1, 0.15) is 0 Å². The molecule has 2 fully saturated rings. The monoisotopic (exact) mass is 359 g/mol. The molecule has 1 saturated carbocycles. The predicted octanol–water partition coefficient (Wildman–Crippen LogP) is 3.87. The second kappa shape index (κ2) is 7.69. The van der Waals surface area contributed by atoms with Gasteiger partial charge in [0.25, 0.3) is 0 Å². The summed E-state index contributed by atoms with van der Waals surface area (Å²) in [7, 11) is 0. The fourth-order valence-electron chi connectivity index (χ4n) is 4.67. The van der Waals surface area contributed by atoms with E-state index in [-0.39, 0.29) is 23.5 Å². The summed E-state index contributed by atoms with van der Waals surface area (Å²) in [4.78, 5) is 14.9. The van der Waals surface area contributed by atoms with Crippen LogP contribution in [0.25, 0.3) is 0 Å². The number of rotatable bonds is 4. The molecule has 26 heavy (non-hydrogen) atoms. The number of hydrogen-bond donors (Lipinski definition) is 1. The molecule has 1 heterocycles. The van der Waals surface area contributed by atoms with Crippen LogP contribution in [0.5, 0.6) is 0 Å². The zero-order valence-electron chi connectivity index (χ0n) is 16.4. The molecule has 1 aromatic rings. The summed E-state index contributed by atoms with van der Waals surface area (Å²) in [6.07, 6.45) is 5.28. The van der Waals surface area contributed by atoms with Crippen LogP contribution in [0.15, 0.2) is 30.3 Å². The fraction of sp³-hybridized carbons (Fsp3) is 0.682. The fourth-order valence-corrected chi connectivity index (χ4v) is 4.67. The maximum atomic E-state index is 12.9. The third-order valence-corrected chi connectivity index (χ3v) is 5.92. The zero-order valence-corrected chi connectivity index (χ0v) is 16.4. The maximum Gasteiger partial charge on any atom is 0.225 e. The highest BCUT2D eigenvalue weighted by molar-refractivity contribution is 5.77. The number of hydrogen-bond acceptors (Lipinski definition) is 3. The Hall–Kier alpha value is -1.39. The van der Waals surface area contributed by atoms with Crippen LogP contribution in [0, 0.1) is 5.92 Å². The molecule has 1 N–H and O–H groups in total. The lowest BCUT2D eigenvalue weighted by Gasteiger charge is -2.52. The van der Waals surface area contributed by atoms with E-state index in [0.29, 0.717) is 26.0 Å². The molecule has 2 aliphatic rings. The van der Waals surface area contributed by atoms with Crippen LogP contribution < -0.4 is 0 Å². The number of likely N-dealkylation sites (tertiary alicyclic amines) is 1. The Bertz CT molecular complexity index is 610. The molecule has 3 atom stereocenters. The second-order valence-corrected chi connectivity index (χ2v) is 8.80. The van der Waals surface area contributed by atoms with Gasteiger partial charge in [0.05, 0.1) is 24.2 Å². The van der Waals surface area contributed by atoms with Crippen molar-refractivity contribution in [2.45, 2.75) is 76.5 Å². The quantitative estimate of drug-likeness (QED) is 0.888. The molecule has 0 bridgehead atoms. The Balaban J connectivity index is 1.73. The number of fused-ring (bicyclic) bond motifs is 1. The number of nitrogens with zero attached hydrogens (tertiary/aromatic N) is 1. The zero-order chi connectivity index (χ0) is 18.8. The lowest BCUT2D eigenvalue weighted by atomic mass is 9.66. The van der Waals surface area contributed by atoms with Crippen molar-refractivity contribution in [1.29, 1.82) is 0 Å². The highest BCUT2D eigenvalue weighted by atomic mass is 16.5. The van der Waals surface area contributed by atoms with Crippen LogP contribution in [0.3, 0.4) is 0 Å². The van der Waals surface area contributed by atoms with Crippen LogP contribution in [-0.4, -0.2) is 40.7 Å². The molecule has 144 valence electrons. The topological polar surface area (TPSA) is 49.8 Å². The van der Waals surface area contributed by atoms with E-state index in [1.165, 1.54) is 0 Å². The molecule has 1 aromatic carbocycles. The van der Waals surface area contributed by atoms with Gasteiger partial charge >= 0.3 is 0 Å². The Kier molecular flexibility index (Phi) is 5.73. The third-order valence-electron chi connectivity index (χ3n) is 5.92. The predicted molar refractivity (Wildman–Crippen MR) is 103 cm³/mol. The highest BCUT2D eigenvalue weighted by Crippen LogP contribution is 2.47. The number of amides is 1. The van der Waals surface area contributed by atoms with Gasteiger partial charge in [-0.05, 0) is 45.6 Å². The minimum atomic E-state index is -0.814. The molecule has 1 unspecified atom stereocenters. The van der Waals surface area contributed by atoms with Gasteiger partial charge in [-0.1, -0.05) is 43.2 Å². The van der Waals surface area contributed by atoms with Crippen molar-refractivity contribution in [3.05, 3.63) is 35.9 Å². The van der Waals surface area contributed by atoms with Crippen molar-refractivity contribution in [3.63, 3.8) is 0 Å². The molecular weight excluding hydrogens is 326 g/mol.